The SMILES string of the molecule is CCCC(=O)c1cc2c3c(cccc3c1OC)C(=O)c1ccccc1-2. The minimum absolute atomic E-state index is 0.0170. The van der Waals surface area contributed by atoms with Gasteiger partial charge in [-0.25, -0.2) is 0 Å². The van der Waals surface area contributed by atoms with E-state index in [1.807, 2.05) is 55.5 Å². The van der Waals surface area contributed by atoms with Crippen molar-refractivity contribution in [1.29, 1.82) is 0 Å². The first-order valence-corrected chi connectivity index (χ1v) is 8.48. The van der Waals surface area contributed by atoms with Crippen LogP contribution < -0.4 is 4.74 Å². The van der Waals surface area contributed by atoms with Crippen LogP contribution in [0.2, 0.25) is 0 Å². The molecule has 0 radical (unpaired) electrons. The van der Waals surface area contributed by atoms with Crippen molar-refractivity contribution in [1.82, 2.24) is 0 Å². The first-order valence-electron chi connectivity index (χ1n) is 8.48. The Morgan fingerprint density at radius 3 is 2.40 bits per heavy atom. The third-order valence-corrected chi connectivity index (χ3v) is 4.80. The summed E-state index contributed by atoms with van der Waals surface area (Å²) < 4.78 is 5.60. The van der Waals surface area contributed by atoms with Crippen molar-refractivity contribution in [3.8, 4) is 16.9 Å². The molecule has 25 heavy (non-hydrogen) atoms. The number of Topliss-reactive ketones (excluding diaryl/α,β-unsaturated/α-hetero) is 1. The predicted octanol–water partition coefficient (Wildman–Crippen LogP) is 5.04. The van der Waals surface area contributed by atoms with Crippen molar-refractivity contribution in [3.05, 3.63) is 65.2 Å². The zero-order valence-electron chi connectivity index (χ0n) is 14.3. The molecule has 0 saturated heterocycles. The van der Waals surface area contributed by atoms with Crippen molar-refractivity contribution in [2.75, 3.05) is 7.11 Å². The number of carbonyl (C=O) groups is 2. The number of fused-ring (bicyclic) bond motifs is 2. The number of hydrogen-bond donors (Lipinski definition) is 0. The highest BCUT2D eigenvalue weighted by Gasteiger charge is 2.28. The molecule has 3 nitrogen and oxygen atoms in total. The van der Waals surface area contributed by atoms with E-state index in [2.05, 4.69) is 0 Å². The second kappa shape index (κ2) is 5.85. The number of rotatable bonds is 4. The van der Waals surface area contributed by atoms with Gasteiger partial charge in [-0.15, -0.1) is 0 Å². The van der Waals surface area contributed by atoms with Gasteiger partial charge in [0.25, 0.3) is 0 Å². The first-order chi connectivity index (χ1) is 12.2. The molecule has 0 heterocycles. The number of methoxy groups -OCH3 is 1. The van der Waals surface area contributed by atoms with E-state index in [0.717, 1.165) is 28.3 Å². The Morgan fingerprint density at radius 1 is 0.960 bits per heavy atom. The Labute approximate surface area is 146 Å². The van der Waals surface area contributed by atoms with Crippen molar-refractivity contribution < 1.29 is 14.3 Å². The number of hydrogen-bond acceptors (Lipinski definition) is 3. The van der Waals surface area contributed by atoms with Gasteiger partial charge in [0, 0.05) is 28.3 Å². The topological polar surface area (TPSA) is 43.4 Å². The fraction of sp³-hybridized carbons (Fsp3) is 0.182. The highest BCUT2D eigenvalue weighted by molar-refractivity contribution is 6.27. The van der Waals surface area contributed by atoms with Crippen molar-refractivity contribution >= 4 is 22.3 Å². The molecule has 0 aliphatic heterocycles. The number of ether oxygens (including phenoxy) is 1. The summed E-state index contributed by atoms with van der Waals surface area (Å²) in [5.74, 6) is 0.645. The van der Waals surface area contributed by atoms with Crippen molar-refractivity contribution in [2.45, 2.75) is 19.8 Å². The maximum atomic E-state index is 12.9. The van der Waals surface area contributed by atoms with Gasteiger partial charge in [0.05, 0.1) is 12.7 Å². The Kier molecular flexibility index (Phi) is 3.65. The van der Waals surface area contributed by atoms with Crippen LogP contribution in [0.3, 0.4) is 0 Å². The van der Waals surface area contributed by atoms with Crippen LogP contribution in [0.25, 0.3) is 21.9 Å². The molecule has 0 saturated carbocycles. The molecule has 1 aliphatic carbocycles. The first kappa shape index (κ1) is 15.6. The Bertz CT molecular complexity index is 1030. The molecule has 0 bridgehead atoms. The quantitative estimate of drug-likeness (QED) is 0.492. The molecule has 0 atom stereocenters. The Morgan fingerprint density at radius 2 is 1.68 bits per heavy atom. The van der Waals surface area contributed by atoms with Crippen LogP contribution in [0.1, 0.15) is 46.0 Å². The van der Waals surface area contributed by atoms with E-state index in [4.69, 9.17) is 4.74 Å². The minimum Gasteiger partial charge on any atom is -0.495 e. The van der Waals surface area contributed by atoms with Gasteiger partial charge in [0.15, 0.2) is 11.6 Å². The molecule has 3 aromatic carbocycles. The van der Waals surface area contributed by atoms with Gasteiger partial charge in [-0.1, -0.05) is 49.4 Å². The minimum atomic E-state index is 0.0170. The molecule has 3 heteroatoms. The molecule has 0 fully saturated rings. The summed E-state index contributed by atoms with van der Waals surface area (Å²) in [6, 6.07) is 15.1. The van der Waals surface area contributed by atoms with Gasteiger partial charge in [-0.05, 0) is 23.6 Å². The van der Waals surface area contributed by atoms with Crippen LogP contribution in [-0.4, -0.2) is 18.7 Å². The average molecular weight is 330 g/mol. The summed E-state index contributed by atoms with van der Waals surface area (Å²) in [4.78, 5) is 25.6. The van der Waals surface area contributed by atoms with E-state index in [1.54, 1.807) is 7.11 Å². The number of carbonyl (C=O) groups excluding carboxylic acids is 2. The maximum absolute atomic E-state index is 12.9. The van der Waals surface area contributed by atoms with Crippen LogP contribution in [-0.2, 0) is 0 Å². The molecular formula is C22H18O3. The third kappa shape index (κ3) is 2.19. The van der Waals surface area contributed by atoms with Crippen LogP contribution in [0.5, 0.6) is 5.75 Å². The molecule has 1 aliphatic rings. The Hall–Kier alpha value is -2.94. The lowest BCUT2D eigenvalue weighted by Crippen LogP contribution is -2.12. The fourth-order valence-corrected chi connectivity index (χ4v) is 3.71. The molecule has 0 aromatic heterocycles. The molecule has 124 valence electrons. The predicted molar refractivity (Wildman–Crippen MR) is 98.6 cm³/mol. The molecule has 3 aromatic rings. The van der Waals surface area contributed by atoms with Gasteiger partial charge < -0.3 is 4.74 Å². The van der Waals surface area contributed by atoms with Crippen LogP contribution >= 0.6 is 0 Å². The average Bonchev–Trinajstić information content (AvgIpc) is 2.65. The number of ketones is 2. The van der Waals surface area contributed by atoms with E-state index in [1.165, 1.54) is 0 Å². The van der Waals surface area contributed by atoms with Crippen LogP contribution in [0.15, 0.2) is 48.5 Å². The third-order valence-electron chi connectivity index (χ3n) is 4.80. The van der Waals surface area contributed by atoms with E-state index < -0.39 is 0 Å². The molecule has 4 rings (SSSR count). The fourth-order valence-electron chi connectivity index (χ4n) is 3.71. The highest BCUT2D eigenvalue weighted by atomic mass is 16.5. The van der Waals surface area contributed by atoms with Gasteiger partial charge in [0.1, 0.15) is 5.75 Å². The van der Waals surface area contributed by atoms with Gasteiger partial charge in [-0.3, -0.25) is 9.59 Å². The number of benzene rings is 3. The Balaban J connectivity index is 2.15. The zero-order chi connectivity index (χ0) is 17.6. The van der Waals surface area contributed by atoms with Gasteiger partial charge >= 0.3 is 0 Å². The van der Waals surface area contributed by atoms with Crippen LogP contribution in [0, 0.1) is 0 Å². The molecular weight excluding hydrogens is 312 g/mol. The smallest absolute Gasteiger partial charge is 0.194 e. The zero-order valence-corrected chi connectivity index (χ0v) is 14.3. The molecule has 0 unspecified atom stereocenters. The summed E-state index contributed by atoms with van der Waals surface area (Å²) in [6.45, 7) is 1.99. The molecule has 0 amide bonds. The summed E-state index contributed by atoms with van der Waals surface area (Å²) in [5.41, 5.74) is 3.75. The van der Waals surface area contributed by atoms with Crippen molar-refractivity contribution in [2.24, 2.45) is 0 Å². The summed E-state index contributed by atoms with van der Waals surface area (Å²) in [5, 5.41) is 1.69. The lowest BCUT2D eigenvalue weighted by Gasteiger charge is -2.22. The highest BCUT2D eigenvalue weighted by Crippen LogP contribution is 2.44. The van der Waals surface area contributed by atoms with E-state index >= 15 is 0 Å². The van der Waals surface area contributed by atoms with Crippen LogP contribution in [0.4, 0.5) is 0 Å². The lowest BCUT2D eigenvalue weighted by atomic mass is 9.81. The summed E-state index contributed by atoms with van der Waals surface area (Å²) in [6.07, 6.45) is 1.26. The van der Waals surface area contributed by atoms with Gasteiger partial charge in [-0.2, -0.15) is 0 Å². The van der Waals surface area contributed by atoms with Gasteiger partial charge in [0.2, 0.25) is 0 Å². The van der Waals surface area contributed by atoms with E-state index in [-0.39, 0.29) is 11.6 Å². The largest absolute Gasteiger partial charge is 0.495 e. The normalized spacial score (nSPS) is 12.2. The second-order valence-corrected chi connectivity index (χ2v) is 6.28. The standard InChI is InChI=1S/C22H18O3/c1-3-7-19(23)18-12-17-13-8-4-5-9-14(13)21(24)15-10-6-11-16(20(15)17)22(18)25-2/h4-6,8-12H,3,7H2,1-2H3. The summed E-state index contributed by atoms with van der Waals surface area (Å²) in [7, 11) is 1.57. The molecule has 0 N–H and O–H groups in total. The summed E-state index contributed by atoms with van der Waals surface area (Å²) >= 11 is 0. The maximum Gasteiger partial charge on any atom is 0.194 e. The van der Waals surface area contributed by atoms with E-state index in [9.17, 15) is 9.59 Å². The van der Waals surface area contributed by atoms with E-state index in [0.29, 0.717) is 28.9 Å². The molecule has 0 spiro atoms. The second-order valence-electron chi connectivity index (χ2n) is 6.28. The lowest BCUT2D eigenvalue weighted by molar-refractivity contribution is 0.0978. The van der Waals surface area contributed by atoms with Crippen molar-refractivity contribution in [3.63, 3.8) is 0 Å². The monoisotopic (exact) mass is 330 g/mol.